The Morgan fingerprint density at radius 2 is 1.43 bits per heavy atom. The number of carbonyl (C=O) groups is 1. The molecule has 1 amide bonds. The molecule has 0 saturated carbocycles. The van der Waals surface area contributed by atoms with Crippen LogP contribution in [0.2, 0.25) is 0 Å². The molecule has 0 unspecified atom stereocenters. The second kappa shape index (κ2) is 13.1. The second-order valence-corrected chi connectivity index (χ2v) is 6.50. The topological polar surface area (TPSA) is 41.1 Å². The minimum Gasteiger partial charge on any atom is -0.356 e. The average Bonchev–Trinajstić information content (AvgIpc) is 2.53. The fourth-order valence-corrected chi connectivity index (χ4v) is 3.05. The van der Waals surface area contributed by atoms with Crippen molar-refractivity contribution in [2.24, 2.45) is 5.92 Å². The van der Waals surface area contributed by atoms with Crippen LogP contribution in [0.15, 0.2) is 0 Å². The normalized spacial score (nSPS) is 16.0. The molecule has 1 fully saturated rings. The van der Waals surface area contributed by atoms with Gasteiger partial charge in [0.05, 0.1) is 0 Å². The Labute approximate surface area is 131 Å². The van der Waals surface area contributed by atoms with Gasteiger partial charge in [-0.15, -0.1) is 0 Å². The van der Waals surface area contributed by atoms with Gasteiger partial charge in [-0.2, -0.15) is 0 Å². The molecule has 2 N–H and O–H groups in total. The summed E-state index contributed by atoms with van der Waals surface area (Å²) in [4.78, 5) is 11.9. The van der Waals surface area contributed by atoms with E-state index in [4.69, 9.17) is 0 Å². The molecule has 1 saturated heterocycles. The van der Waals surface area contributed by atoms with Gasteiger partial charge in [0.25, 0.3) is 0 Å². The van der Waals surface area contributed by atoms with E-state index in [9.17, 15) is 4.79 Å². The Hall–Kier alpha value is -0.570. The van der Waals surface area contributed by atoms with E-state index in [-0.39, 0.29) is 11.8 Å². The first-order valence-corrected chi connectivity index (χ1v) is 9.33. The summed E-state index contributed by atoms with van der Waals surface area (Å²) in [7, 11) is 0. The first kappa shape index (κ1) is 18.5. The summed E-state index contributed by atoms with van der Waals surface area (Å²) in [5, 5.41) is 6.41. The molecule has 0 radical (unpaired) electrons. The molecular formula is C18H36N2O. The summed E-state index contributed by atoms with van der Waals surface area (Å²) in [6, 6.07) is 0. The van der Waals surface area contributed by atoms with Crippen molar-refractivity contribution < 1.29 is 4.79 Å². The summed E-state index contributed by atoms with van der Waals surface area (Å²) in [5.74, 6) is 0.543. The standard InChI is InChI=1S/C18H36N2O/c1-2-3-4-5-6-7-8-9-10-11-14-20-18(21)17-12-15-19-16-13-17/h17,19H,2-16H2,1H3,(H,20,21). The lowest BCUT2D eigenvalue weighted by atomic mass is 9.97. The summed E-state index contributed by atoms with van der Waals surface area (Å²) < 4.78 is 0. The summed E-state index contributed by atoms with van der Waals surface area (Å²) >= 11 is 0. The van der Waals surface area contributed by atoms with Gasteiger partial charge in [0.2, 0.25) is 5.91 Å². The highest BCUT2D eigenvalue weighted by Gasteiger charge is 2.19. The fraction of sp³-hybridized carbons (Fsp3) is 0.944. The quantitative estimate of drug-likeness (QED) is 0.534. The third kappa shape index (κ3) is 9.89. The zero-order chi connectivity index (χ0) is 15.2. The zero-order valence-electron chi connectivity index (χ0n) is 14.1. The summed E-state index contributed by atoms with van der Waals surface area (Å²) in [6.07, 6.45) is 15.5. The van der Waals surface area contributed by atoms with Crippen molar-refractivity contribution in [3.8, 4) is 0 Å². The number of carbonyl (C=O) groups excluding carboxylic acids is 1. The molecule has 0 aromatic rings. The van der Waals surface area contributed by atoms with Gasteiger partial charge >= 0.3 is 0 Å². The number of hydrogen-bond donors (Lipinski definition) is 2. The minimum atomic E-state index is 0.259. The number of nitrogens with one attached hydrogen (secondary N) is 2. The lowest BCUT2D eigenvalue weighted by Gasteiger charge is -2.21. The van der Waals surface area contributed by atoms with E-state index in [1.54, 1.807) is 0 Å². The van der Waals surface area contributed by atoms with Crippen LogP contribution >= 0.6 is 0 Å². The lowest BCUT2D eigenvalue weighted by molar-refractivity contribution is -0.125. The molecule has 0 spiro atoms. The van der Waals surface area contributed by atoms with Crippen molar-refractivity contribution in [1.29, 1.82) is 0 Å². The van der Waals surface area contributed by atoms with E-state index in [2.05, 4.69) is 17.6 Å². The zero-order valence-corrected chi connectivity index (χ0v) is 14.1. The molecule has 0 aliphatic carbocycles. The summed E-state index contributed by atoms with van der Waals surface area (Å²) in [5.41, 5.74) is 0. The first-order valence-electron chi connectivity index (χ1n) is 9.33. The van der Waals surface area contributed by atoms with Crippen LogP contribution in [0.1, 0.15) is 84.0 Å². The second-order valence-electron chi connectivity index (χ2n) is 6.50. The molecule has 1 aliphatic heterocycles. The van der Waals surface area contributed by atoms with E-state index in [0.29, 0.717) is 0 Å². The van der Waals surface area contributed by atoms with Gasteiger partial charge in [-0.25, -0.2) is 0 Å². The number of amides is 1. The van der Waals surface area contributed by atoms with E-state index < -0.39 is 0 Å². The maximum Gasteiger partial charge on any atom is 0.223 e. The predicted octanol–water partition coefficient (Wildman–Crippen LogP) is 4.02. The van der Waals surface area contributed by atoms with E-state index in [0.717, 1.165) is 38.9 Å². The molecule has 1 heterocycles. The molecular weight excluding hydrogens is 260 g/mol. The van der Waals surface area contributed by atoms with Crippen LogP contribution < -0.4 is 10.6 Å². The monoisotopic (exact) mass is 296 g/mol. The van der Waals surface area contributed by atoms with Gasteiger partial charge in [0.15, 0.2) is 0 Å². The van der Waals surface area contributed by atoms with E-state index in [1.807, 2.05) is 0 Å². The van der Waals surface area contributed by atoms with Gasteiger partial charge in [-0.1, -0.05) is 64.7 Å². The molecule has 0 bridgehead atoms. The number of hydrogen-bond acceptors (Lipinski definition) is 2. The van der Waals surface area contributed by atoms with Crippen molar-refractivity contribution in [1.82, 2.24) is 10.6 Å². The maximum absolute atomic E-state index is 11.9. The van der Waals surface area contributed by atoms with Crippen LogP contribution in [0.4, 0.5) is 0 Å². The van der Waals surface area contributed by atoms with Gasteiger partial charge in [-0.3, -0.25) is 4.79 Å². The molecule has 124 valence electrons. The van der Waals surface area contributed by atoms with Crippen molar-refractivity contribution >= 4 is 5.91 Å². The average molecular weight is 296 g/mol. The smallest absolute Gasteiger partial charge is 0.223 e. The molecule has 0 aromatic heterocycles. The van der Waals surface area contributed by atoms with Gasteiger partial charge in [0.1, 0.15) is 0 Å². The van der Waals surface area contributed by atoms with Crippen molar-refractivity contribution in [3.05, 3.63) is 0 Å². The highest BCUT2D eigenvalue weighted by Crippen LogP contribution is 2.12. The maximum atomic E-state index is 11.9. The van der Waals surface area contributed by atoms with Crippen LogP contribution in [0.25, 0.3) is 0 Å². The Balaban J connectivity index is 1.80. The van der Waals surface area contributed by atoms with Gasteiger partial charge in [0, 0.05) is 12.5 Å². The third-order valence-corrected chi connectivity index (χ3v) is 4.54. The number of rotatable bonds is 12. The number of piperidine rings is 1. The van der Waals surface area contributed by atoms with Gasteiger partial charge < -0.3 is 10.6 Å². The van der Waals surface area contributed by atoms with Crippen molar-refractivity contribution in [3.63, 3.8) is 0 Å². The van der Waals surface area contributed by atoms with Crippen molar-refractivity contribution in [2.75, 3.05) is 19.6 Å². The molecule has 3 heteroatoms. The SMILES string of the molecule is CCCCCCCCCCCCNC(=O)C1CCNCC1. The molecule has 1 rings (SSSR count). The van der Waals surface area contributed by atoms with Crippen LogP contribution in [-0.4, -0.2) is 25.5 Å². The Bertz CT molecular complexity index is 250. The lowest BCUT2D eigenvalue weighted by Crippen LogP contribution is -2.38. The highest BCUT2D eigenvalue weighted by molar-refractivity contribution is 5.78. The van der Waals surface area contributed by atoms with Gasteiger partial charge in [-0.05, 0) is 32.4 Å². The Kier molecular flexibility index (Phi) is 11.5. The third-order valence-electron chi connectivity index (χ3n) is 4.54. The van der Waals surface area contributed by atoms with E-state index >= 15 is 0 Å². The summed E-state index contributed by atoms with van der Waals surface area (Å²) in [6.45, 7) is 5.13. The van der Waals surface area contributed by atoms with E-state index in [1.165, 1.54) is 57.8 Å². The fourth-order valence-electron chi connectivity index (χ4n) is 3.05. The molecule has 0 aromatic carbocycles. The Morgan fingerprint density at radius 3 is 2.00 bits per heavy atom. The van der Waals surface area contributed by atoms with Crippen LogP contribution in [0.5, 0.6) is 0 Å². The first-order chi connectivity index (χ1) is 10.3. The van der Waals surface area contributed by atoms with Crippen molar-refractivity contribution in [2.45, 2.75) is 84.0 Å². The molecule has 21 heavy (non-hydrogen) atoms. The van der Waals surface area contributed by atoms with Crippen LogP contribution in [-0.2, 0) is 4.79 Å². The minimum absolute atomic E-state index is 0.259. The number of unbranched alkanes of at least 4 members (excludes halogenated alkanes) is 9. The molecule has 3 nitrogen and oxygen atoms in total. The molecule has 1 aliphatic rings. The van der Waals surface area contributed by atoms with Crippen LogP contribution in [0, 0.1) is 5.92 Å². The van der Waals surface area contributed by atoms with Crippen LogP contribution in [0.3, 0.4) is 0 Å². The Morgan fingerprint density at radius 1 is 0.905 bits per heavy atom. The molecule has 0 atom stereocenters. The largest absolute Gasteiger partial charge is 0.356 e. The predicted molar refractivity (Wildman–Crippen MR) is 90.4 cm³/mol. The highest BCUT2D eigenvalue weighted by atomic mass is 16.1.